The molecule has 0 aliphatic heterocycles. The number of aliphatic hydroxyl groups is 1. The van der Waals surface area contributed by atoms with E-state index in [1.165, 1.54) is 0 Å². The Labute approximate surface area is 129 Å². The van der Waals surface area contributed by atoms with Crippen molar-refractivity contribution >= 4 is 0 Å². The average molecular weight is 307 g/mol. The normalized spacial score (nSPS) is 12.7. The minimum Gasteiger partial charge on any atom is -0.396 e. The molecule has 2 N–H and O–H groups in total. The minimum atomic E-state index is 0.171. The number of likely N-dealkylation sites (N-methyl/N-ethyl adjacent to an activating group) is 1. The number of aliphatic hydroxyl groups excluding tert-OH is 1. The predicted octanol–water partition coefficient (Wildman–Crippen LogP) is 0.823. The second-order valence-electron chi connectivity index (χ2n) is 4.76. The van der Waals surface area contributed by atoms with Gasteiger partial charge in [-0.25, -0.2) is 0 Å². The Kier molecular flexibility index (Phi) is 17.6. The Bertz CT molecular complexity index is 195. The molecule has 0 aromatic rings. The van der Waals surface area contributed by atoms with Crippen LogP contribution in [-0.4, -0.2) is 77.7 Å². The molecule has 0 rings (SSSR count). The number of nitrogens with one attached hydrogen (secondary N) is 1. The summed E-state index contributed by atoms with van der Waals surface area (Å²) >= 11 is 0. The van der Waals surface area contributed by atoms with Crippen LogP contribution in [0.4, 0.5) is 0 Å². The van der Waals surface area contributed by atoms with Crippen molar-refractivity contribution in [2.24, 2.45) is 0 Å². The van der Waals surface area contributed by atoms with Gasteiger partial charge in [0.25, 0.3) is 0 Å². The lowest BCUT2D eigenvalue weighted by Crippen LogP contribution is -2.31. The van der Waals surface area contributed by atoms with Crippen LogP contribution in [-0.2, 0) is 18.9 Å². The molecule has 6 heteroatoms. The van der Waals surface area contributed by atoms with Crippen molar-refractivity contribution in [3.05, 3.63) is 0 Å². The third-order valence-corrected chi connectivity index (χ3v) is 2.96. The van der Waals surface area contributed by atoms with E-state index < -0.39 is 0 Å². The maximum Gasteiger partial charge on any atom is 0.0701 e. The molecule has 0 aromatic carbocycles. The fourth-order valence-corrected chi connectivity index (χ4v) is 1.60. The first kappa shape index (κ1) is 20.8. The number of hydrogen-bond acceptors (Lipinski definition) is 6. The minimum absolute atomic E-state index is 0.171. The molecule has 0 saturated heterocycles. The number of rotatable bonds is 17. The van der Waals surface area contributed by atoms with E-state index in [0.717, 1.165) is 19.4 Å². The molecule has 0 amide bonds. The lowest BCUT2D eigenvalue weighted by molar-refractivity contribution is -0.00471. The fourth-order valence-electron chi connectivity index (χ4n) is 1.60. The molecule has 0 radical (unpaired) electrons. The van der Waals surface area contributed by atoms with Gasteiger partial charge in [-0.2, -0.15) is 0 Å². The molecular weight excluding hydrogens is 274 g/mol. The molecule has 0 aromatic heterocycles. The fraction of sp³-hybridized carbons (Fsp3) is 1.00. The van der Waals surface area contributed by atoms with Crippen LogP contribution in [0, 0.1) is 0 Å². The molecule has 0 aliphatic rings. The van der Waals surface area contributed by atoms with Crippen LogP contribution in [0.3, 0.4) is 0 Å². The van der Waals surface area contributed by atoms with Crippen LogP contribution in [0.15, 0.2) is 0 Å². The Balaban J connectivity index is 3.08. The standard InChI is InChI=1S/C15H33NO5/c1-3-4-7-18-8-9-19-10-11-20-12-13-21-14-15(16-2)5-6-17/h15-17H,3-14H2,1-2H3. The Morgan fingerprint density at radius 2 is 1.38 bits per heavy atom. The number of unbranched alkanes of at least 4 members (excludes halogenated alkanes) is 1. The first-order valence-corrected chi connectivity index (χ1v) is 7.94. The van der Waals surface area contributed by atoms with Crippen LogP contribution in [0.5, 0.6) is 0 Å². The highest BCUT2D eigenvalue weighted by Crippen LogP contribution is 1.92. The van der Waals surface area contributed by atoms with E-state index in [0.29, 0.717) is 52.7 Å². The number of hydrogen-bond donors (Lipinski definition) is 2. The summed E-state index contributed by atoms with van der Waals surface area (Å²) in [5.41, 5.74) is 0. The van der Waals surface area contributed by atoms with Gasteiger partial charge in [0.2, 0.25) is 0 Å². The summed E-state index contributed by atoms with van der Waals surface area (Å²) in [6, 6.07) is 0.200. The van der Waals surface area contributed by atoms with Crippen LogP contribution in [0.2, 0.25) is 0 Å². The Morgan fingerprint density at radius 1 is 0.857 bits per heavy atom. The largest absolute Gasteiger partial charge is 0.396 e. The summed E-state index contributed by atoms with van der Waals surface area (Å²) in [6.45, 7) is 7.27. The third kappa shape index (κ3) is 16.0. The third-order valence-electron chi connectivity index (χ3n) is 2.96. The Morgan fingerprint density at radius 3 is 1.86 bits per heavy atom. The van der Waals surface area contributed by atoms with Gasteiger partial charge < -0.3 is 29.4 Å². The molecule has 0 spiro atoms. The van der Waals surface area contributed by atoms with Crippen molar-refractivity contribution in [2.45, 2.75) is 32.2 Å². The van der Waals surface area contributed by atoms with E-state index in [2.05, 4.69) is 12.2 Å². The monoisotopic (exact) mass is 307 g/mol. The van der Waals surface area contributed by atoms with E-state index in [1.807, 2.05) is 7.05 Å². The molecule has 128 valence electrons. The van der Waals surface area contributed by atoms with E-state index in [4.69, 9.17) is 24.1 Å². The maximum atomic E-state index is 8.83. The van der Waals surface area contributed by atoms with E-state index in [-0.39, 0.29) is 12.6 Å². The highest BCUT2D eigenvalue weighted by molar-refractivity contribution is 4.61. The lowest BCUT2D eigenvalue weighted by Gasteiger charge is -2.14. The molecule has 0 aliphatic carbocycles. The summed E-state index contributed by atoms with van der Waals surface area (Å²) in [6.07, 6.45) is 2.97. The summed E-state index contributed by atoms with van der Waals surface area (Å²) in [5.74, 6) is 0. The van der Waals surface area contributed by atoms with Gasteiger partial charge in [-0.05, 0) is 19.9 Å². The van der Waals surface area contributed by atoms with Crippen LogP contribution in [0.1, 0.15) is 26.2 Å². The van der Waals surface area contributed by atoms with E-state index in [1.54, 1.807) is 0 Å². The van der Waals surface area contributed by atoms with Crippen LogP contribution in [0.25, 0.3) is 0 Å². The second kappa shape index (κ2) is 17.8. The summed E-state index contributed by atoms with van der Waals surface area (Å²) < 4.78 is 21.6. The van der Waals surface area contributed by atoms with Gasteiger partial charge in [0.15, 0.2) is 0 Å². The van der Waals surface area contributed by atoms with Crippen molar-refractivity contribution in [3.63, 3.8) is 0 Å². The molecule has 0 fully saturated rings. The molecule has 21 heavy (non-hydrogen) atoms. The van der Waals surface area contributed by atoms with E-state index >= 15 is 0 Å². The van der Waals surface area contributed by atoms with Gasteiger partial charge >= 0.3 is 0 Å². The molecule has 1 unspecified atom stereocenters. The van der Waals surface area contributed by atoms with Crippen molar-refractivity contribution < 1.29 is 24.1 Å². The quantitative estimate of drug-likeness (QED) is 0.388. The molecule has 0 bridgehead atoms. The molecule has 0 saturated carbocycles. The highest BCUT2D eigenvalue weighted by Gasteiger charge is 2.04. The molecule has 6 nitrogen and oxygen atoms in total. The van der Waals surface area contributed by atoms with E-state index in [9.17, 15) is 0 Å². The van der Waals surface area contributed by atoms with Crippen molar-refractivity contribution in [3.8, 4) is 0 Å². The Hall–Kier alpha value is -0.240. The zero-order chi connectivity index (χ0) is 15.6. The second-order valence-corrected chi connectivity index (χ2v) is 4.76. The van der Waals surface area contributed by atoms with Crippen molar-refractivity contribution in [2.75, 3.05) is 66.5 Å². The van der Waals surface area contributed by atoms with Gasteiger partial charge in [-0.3, -0.25) is 0 Å². The zero-order valence-corrected chi connectivity index (χ0v) is 13.6. The van der Waals surface area contributed by atoms with Crippen molar-refractivity contribution in [1.82, 2.24) is 5.32 Å². The summed E-state index contributed by atoms with van der Waals surface area (Å²) in [7, 11) is 1.86. The van der Waals surface area contributed by atoms with Gasteiger partial charge in [-0.1, -0.05) is 13.3 Å². The number of ether oxygens (including phenoxy) is 4. The van der Waals surface area contributed by atoms with Gasteiger partial charge in [0, 0.05) is 19.3 Å². The van der Waals surface area contributed by atoms with Crippen LogP contribution >= 0.6 is 0 Å². The summed E-state index contributed by atoms with van der Waals surface area (Å²) in [4.78, 5) is 0. The molecule has 1 atom stereocenters. The average Bonchev–Trinajstić information content (AvgIpc) is 2.50. The first-order valence-electron chi connectivity index (χ1n) is 7.94. The first-order chi connectivity index (χ1) is 10.3. The van der Waals surface area contributed by atoms with Gasteiger partial charge in [0.05, 0.1) is 46.2 Å². The van der Waals surface area contributed by atoms with Crippen molar-refractivity contribution in [1.29, 1.82) is 0 Å². The molecule has 0 heterocycles. The molecular formula is C15H33NO5. The SMILES string of the molecule is CCCCOCCOCCOCCOCC(CCO)NC. The zero-order valence-electron chi connectivity index (χ0n) is 13.6. The smallest absolute Gasteiger partial charge is 0.0701 e. The van der Waals surface area contributed by atoms with Gasteiger partial charge in [-0.15, -0.1) is 0 Å². The summed E-state index contributed by atoms with van der Waals surface area (Å²) in [5, 5.41) is 11.9. The van der Waals surface area contributed by atoms with Crippen LogP contribution < -0.4 is 5.32 Å². The lowest BCUT2D eigenvalue weighted by atomic mass is 10.2. The highest BCUT2D eigenvalue weighted by atomic mass is 16.6. The topological polar surface area (TPSA) is 69.2 Å². The predicted molar refractivity (Wildman–Crippen MR) is 82.7 cm³/mol. The van der Waals surface area contributed by atoms with Gasteiger partial charge in [0.1, 0.15) is 0 Å². The maximum absolute atomic E-state index is 8.83.